The van der Waals surface area contributed by atoms with Crippen LogP contribution in [0.1, 0.15) is 72.0 Å². The Morgan fingerprint density at radius 2 is 1.32 bits per heavy atom. The maximum atomic E-state index is 14.0. The number of carbonyl (C=O) groups excluding carboxylic acids is 4. The van der Waals surface area contributed by atoms with E-state index >= 15 is 0 Å². The molecule has 4 aromatic carbocycles. The van der Waals surface area contributed by atoms with Gasteiger partial charge in [0.05, 0.1) is 30.1 Å². The Kier molecular flexibility index (Phi) is 16.1. The average molecular weight is 836 g/mol. The Labute approximate surface area is 343 Å². The third-order valence-electron chi connectivity index (χ3n) is 9.60. The molecule has 4 rings (SSSR count). The summed E-state index contributed by atoms with van der Waals surface area (Å²) in [6, 6.07) is 21.9. The maximum absolute atomic E-state index is 14.0. The van der Waals surface area contributed by atoms with Crippen LogP contribution in [-0.2, 0) is 26.2 Å². The lowest BCUT2D eigenvalue weighted by atomic mass is 9.96. The minimum Gasteiger partial charge on any atom is -0.491 e. The Morgan fingerprint density at radius 1 is 0.763 bits per heavy atom. The summed E-state index contributed by atoms with van der Waals surface area (Å²) in [5.41, 5.74) is 1.43. The summed E-state index contributed by atoms with van der Waals surface area (Å²) < 4.78 is 59.7. The van der Waals surface area contributed by atoms with E-state index in [1.807, 2.05) is 60.7 Å². The van der Waals surface area contributed by atoms with Gasteiger partial charge in [-0.1, -0.05) is 81.4 Å². The summed E-state index contributed by atoms with van der Waals surface area (Å²) in [7, 11) is -2.61. The molecule has 0 aliphatic heterocycles. The van der Waals surface area contributed by atoms with Gasteiger partial charge in [0.2, 0.25) is 21.8 Å². The van der Waals surface area contributed by atoms with Gasteiger partial charge in [0, 0.05) is 48.8 Å². The summed E-state index contributed by atoms with van der Waals surface area (Å²) in [6.45, 7) is 6.53. The molecule has 0 saturated heterocycles. The van der Waals surface area contributed by atoms with E-state index in [0.717, 1.165) is 33.8 Å². The summed E-state index contributed by atoms with van der Waals surface area (Å²) in [4.78, 5) is 54.1. The fourth-order valence-electron chi connectivity index (χ4n) is 6.01. The van der Waals surface area contributed by atoms with Gasteiger partial charge < -0.3 is 31.1 Å². The van der Waals surface area contributed by atoms with E-state index in [9.17, 15) is 41.5 Å². The van der Waals surface area contributed by atoms with Crippen LogP contribution in [0, 0.1) is 23.5 Å². The molecule has 0 aliphatic rings. The molecule has 0 bridgehead atoms. The minimum atomic E-state index is -3.86. The second kappa shape index (κ2) is 20.7. The lowest BCUT2D eigenvalue weighted by Gasteiger charge is -2.28. The predicted molar refractivity (Wildman–Crippen MR) is 220 cm³/mol. The monoisotopic (exact) mass is 835 g/mol. The third kappa shape index (κ3) is 13.6. The molecule has 4 aromatic rings. The molecule has 0 aliphatic carbocycles. The minimum absolute atomic E-state index is 0.0148. The van der Waals surface area contributed by atoms with Crippen molar-refractivity contribution >= 4 is 39.3 Å². The highest BCUT2D eigenvalue weighted by molar-refractivity contribution is 7.92. The van der Waals surface area contributed by atoms with E-state index in [4.69, 9.17) is 4.74 Å². The van der Waals surface area contributed by atoms with Gasteiger partial charge in [-0.25, -0.2) is 17.2 Å². The van der Waals surface area contributed by atoms with Crippen molar-refractivity contribution in [1.82, 2.24) is 21.3 Å². The molecule has 0 saturated carbocycles. The van der Waals surface area contributed by atoms with Gasteiger partial charge in [-0.2, -0.15) is 0 Å². The molecule has 0 spiro atoms. The van der Waals surface area contributed by atoms with Crippen LogP contribution in [0.3, 0.4) is 0 Å². The highest BCUT2D eigenvalue weighted by Crippen LogP contribution is 2.23. The molecule has 5 N–H and O–H groups in total. The first-order valence-electron chi connectivity index (χ1n) is 19.0. The molecule has 13 nitrogen and oxygen atoms in total. The molecule has 0 aromatic heterocycles. The van der Waals surface area contributed by atoms with E-state index in [0.29, 0.717) is 6.07 Å². The quantitative estimate of drug-likeness (QED) is 0.0887. The van der Waals surface area contributed by atoms with E-state index in [2.05, 4.69) is 21.3 Å². The second-order valence-electron chi connectivity index (χ2n) is 14.7. The molecule has 16 heteroatoms. The SMILES string of the molecule is CC(C[C@H](O)C(COc1cc(F)cc(F)c1)NC(=O)c1cc(C(=O)N[C@H](C)c2ccccc2)cc(N(C)S(C)(=O)=O)c1)C(=O)N[C@H](C(=O)NCc1ccccc1)C(C)C. The van der Waals surface area contributed by atoms with E-state index in [-0.39, 0.29) is 41.4 Å². The van der Waals surface area contributed by atoms with E-state index in [1.165, 1.54) is 32.2 Å². The zero-order valence-corrected chi connectivity index (χ0v) is 34.6. The van der Waals surface area contributed by atoms with Crippen LogP contribution in [0.4, 0.5) is 14.5 Å². The number of hydrogen-bond donors (Lipinski definition) is 5. The number of rotatable bonds is 19. The van der Waals surface area contributed by atoms with Crippen molar-refractivity contribution in [3.05, 3.63) is 131 Å². The van der Waals surface area contributed by atoms with Gasteiger partial charge in [0.15, 0.2) is 0 Å². The molecule has 4 amide bonds. The molecule has 5 atom stereocenters. The van der Waals surface area contributed by atoms with Crippen LogP contribution in [0.15, 0.2) is 97.1 Å². The topological polar surface area (TPSA) is 183 Å². The predicted octanol–water partition coefficient (Wildman–Crippen LogP) is 4.87. The first kappa shape index (κ1) is 45.8. The van der Waals surface area contributed by atoms with E-state index in [1.54, 1.807) is 20.8 Å². The fourth-order valence-corrected chi connectivity index (χ4v) is 6.50. The van der Waals surface area contributed by atoms with Crippen molar-refractivity contribution < 1.29 is 46.2 Å². The van der Waals surface area contributed by atoms with Gasteiger partial charge >= 0.3 is 0 Å². The van der Waals surface area contributed by atoms with Crippen molar-refractivity contribution in [3.8, 4) is 5.75 Å². The number of sulfonamides is 1. The van der Waals surface area contributed by atoms with Gasteiger partial charge in [-0.05, 0) is 48.6 Å². The Hall–Kier alpha value is -5.87. The average Bonchev–Trinajstić information content (AvgIpc) is 3.19. The highest BCUT2D eigenvalue weighted by atomic mass is 32.2. The van der Waals surface area contributed by atoms with Crippen LogP contribution in [-0.4, -0.2) is 75.3 Å². The first-order chi connectivity index (χ1) is 27.8. The molecular formula is C43H51F2N5O8S. The van der Waals surface area contributed by atoms with Gasteiger partial charge in [-0.15, -0.1) is 0 Å². The number of aliphatic hydroxyl groups excluding tert-OH is 1. The molecule has 2 unspecified atom stereocenters. The maximum Gasteiger partial charge on any atom is 0.251 e. The van der Waals surface area contributed by atoms with Crippen molar-refractivity contribution in [2.45, 2.75) is 64.9 Å². The normalized spacial score (nSPS) is 13.9. The largest absolute Gasteiger partial charge is 0.491 e. The van der Waals surface area contributed by atoms with Gasteiger partial charge in [0.25, 0.3) is 11.8 Å². The number of nitrogens with one attached hydrogen (secondary N) is 4. The second-order valence-corrected chi connectivity index (χ2v) is 16.8. The Morgan fingerprint density at radius 3 is 1.88 bits per heavy atom. The zero-order valence-electron chi connectivity index (χ0n) is 33.7. The zero-order chi connectivity index (χ0) is 43.4. The number of nitrogens with zero attached hydrogens (tertiary/aromatic N) is 1. The molecule has 59 heavy (non-hydrogen) atoms. The van der Waals surface area contributed by atoms with Gasteiger partial charge in [0.1, 0.15) is 30.0 Å². The van der Waals surface area contributed by atoms with Gasteiger partial charge in [-0.3, -0.25) is 23.5 Å². The fraction of sp³-hybridized carbons (Fsp3) is 0.349. The summed E-state index contributed by atoms with van der Waals surface area (Å²) >= 11 is 0. The smallest absolute Gasteiger partial charge is 0.251 e. The van der Waals surface area contributed by atoms with Crippen molar-refractivity contribution in [3.63, 3.8) is 0 Å². The number of carbonyl (C=O) groups is 4. The van der Waals surface area contributed by atoms with Crippen LogP contribution in [0.2, 0.25) is 0 Å². The van der Waals surface area contributed by atoms with Crippen molar-refractivity contribution in [2.75, 3.05) is 24.2 Å². The van der Waals surface area contributed by atoms with Crippen molar-refractivity contribution in [2.24, 2.45) is 11.8 Å². The molecular weight excluding hydrogens is 785 g/mol. The van der Waals surface area contributed by atoms with Crippen LogP contribution < -0.4 is 30.3 Å². The number of hydrogen-bond acceptors (Lipinski definition) is 8. The third-order valence-corrected chi connectivity index (χ3v) is 10.8. The van der Waals surface area contributed by atoms with Crippen molar-refractivity contribution in [1.29, 1.82) is 0 Å². The lowest BCUT2D eigenvalue weighted by molar-refractivity contribution is -0.132. The molecule has 0 radical (unpaired) electrons. The molecule has 0 fully saturated rings. The Bertz CT molecular complexity index is 2170. The summed E-state index contributed by atoms with van der Waals surface area (Å²) in [5, 5.41) is 22.6. The number of benzene rings is 4. The molecule has 316 valence electrons. The number of halogens is 2. The summed E-state index contributed by atoms with van der Waals surface area (Å²) in [6.07, 6.45) is -0.831. The molecule has 0 heterocycles. The van der Waals surface area contributed by atoms with E-state index < -0.39 is 82.0 Å². The van der Waals surface area contributed by atoms with Crippen LogP contribution in [0.5, 0.6) is 5.75 Å². The number of aliphatic hydroxyl groups is 1. The standard InChI is InChI=1S/C43H51F2N5O8S/c1-26(2)39(43(55)46-24-29-13-9-7-10-14-29)49-40(52)27(3)17-38(51)37(25-58-36-22-33(44)21-34(45)23-36)48-42(54)32-18-31(19-35(20-32)50(5)59(6,56)57)41(53)47-28(4)30-15-11-8-12-16-30/h7-16,18-23,26-28,37-39,51H,17,24-25H2,1-6H3,(H,46,55)(H,47,53)(H,48,54)(H,49,52)/t27?,28-,37?,38+,39+/m1/s1. The van der Waals surface area contributed by atoms with Crippen LogP contribution >= 0.6 is 0 Å². The number of amides is 4. The first-order valence-corrected chi connectivity index (χ1v) is 20.8. The Balaban J connectivity index is 1.57. The van der Waals surface area contributed by atoms with Crippen LogP contribution in [0.25, 0.3) is 0 Å². The number of ether oxygens (including phenoxy) is 1. The highest BCUT2D eigenvalue weighted by Gasteiger charge is 2.31. The lowest BCUT2D eigenvalue weighted by Crippen LogP contribution is -2.52. The summed E-state index contributed by atoms with van der Waals surface area (Å²) in [5.74, 6) is -5.78. The number of anilines is 1.